The molecule has 0 aliphatic heterocycles. The number of rotatable bonds is 5. The van der Waals surface area contributed by atoms with Crippen molar-refractivity contribution in [1.29, 1.82) is 0 Å². The summed E-state index contributed by atoms with van der Waals surface area (Å²) in [7, 11) is 1.63. The number of pyridine rings is 1. The second kappa shape index (κ2) is 6.36. The maximum absolute atomic E-state index is 10.9. The summed E-state index contributed by atoms with van der Waals surface area (Å²) in [6.45, 7) is 0.269. The SMILES string of the molecule is COc1ccc2nc(COc3cccc(C(=O)O)c3)ccc2c1. The topological polar surface area (TPSA) is 68.7 Å². The molecule has 0 aliphatic rings. The number of ether oxygens (including phenoxy) is 2. The minimum Gasteiger partial charge on any atom is -0.497 e. The molecule has 0 unspecified atom stereocenters. The molecule has 0 atom stereocenters. The van der Waals surface area contributed by atoms with Gasteiger partial charge in [-0.3, -0.25) is 0 Å². The zero-order chi connectivity index (χ0) is 16.2. The molecule has 0 aliphatic carbocycles. The fourth-order valence-corrected chi connectivity index (χ4v) is 2.23. The summed E-state index contributed by atoms with van der Waals surface area (Å²) < 4.78 is 10.8. The average Bonchev–Trinajstić information content (AvgIpc) is 2.59. The molecule has 0 fully saturated rings. The van der Waals surface area contributed by atoms with Gasteiger partial charge in [0.05, 0.1) is 23.9 Å². The van der Waals surface area contributed by atoms with Crippen LogP contribution in [0.15, 0.2) is 54.6 Å². The highest BCUT2D eigenvalue weighted by atomic mass is 16.5. The van der Waals surface area contributed by atoms with Crippen molar-refractivity contribution in [3.05, 3.63) is 65.9 Å². The van der Waals surface area contributed by atoms with E-state index in [1.807, 2.05) is 30.3 Å². The lowest BCUT2D eigenvalue weighted by Gasteiger charge is -2.08. The average molecular weight is 309 g/mol. The number of benzene rings is 2. The van der Waals surface area contributed by atoms with Gasteiger partial charge in [-0.25, -0.2) is 9.78 Å². The summed E-state index contributed by atoms with van der Waals surface area (Å²) in [5, 5.41) is 9.96. The molecule has 0 bridgehead atoms. The number of fused-ring (bicyclic) bond motifs is 1. The van der Waals surface area contributed by atoms with Crippen LogP contribution in [-0.4, -0.2) is 23.2 Å². The lowest BCUT2D eigenvalue weighted by atomic mass is 10.2. The largest absolute Gasteiger partial charge is 0.497 e. The van der Waals surface area contributed by atoms with Crippen molar-refractivity contribution in [3.8, 4) is 11.5 Å². The van der Waals surface area contributed by atoms with Crippen LogP contribution in [0, 0.1) is 0 Å². The molecule has 116 valence electrons. The molecule has 1 N–H and O–H groups in total. The zero-order valence-electron chi connectivity index (χ0n) is 12.5. The lowest BCUT2D eigenvalue weighted by molar-refractivity contribution is 0.0696. The van der Waals surface area contributed by atoms with Crippen LogP contribution in [0.3, 0.4) is 0 Å². The molecule has 2 aromatic carbocycles. The Morgan fingerprint density at radius 3 is 2.74 bits per heavy atom. The van der Waals surface area contributed by atoms with Crippen LogP contribution >= 0.6 is 0 Å². The van der Waals surface area contributed by atoms with Crippen LogP contribution in [0.4, 0.5) is 0 Å². The van der Waals surface area contributed by atoms with Gasteiger partial charge in [-0.15, -0.1) is 0 Å². The number of hydrogen-bond acceptors (Lipinski definition) is 4. The van der Waals surface area contributed by atoms with E-state index in [-0.39, 0.29) is 12.2 Å². The number of carboxylic acid groups (broad SMARTS) is 1. The molecule has 3 rings (SSSR count). The Hall–Kier alpha value is -3.08. The predicted molar refractivity (Wildman–Crippen MR) is 86.0 cm³/mol. The highest BCUT2D eigenvalue weighted by molar-refractivity contribution is 5.88. The third kappa shape index (κ3) is 3.40. The fraction of sp³-hybridized carbons (Fsp3) is 0.111. The first-order chi connectivity index (χ1) is 11.2. The molecular weight excluding hydrogens is 294 g/mol. The van der Waals surface area contributed by atoms with E-state index in [4.69, 9.17) is 14.6 Å². The van der Waals surface area contributed by atoms with Crippen LogP contribution in [-0.2, 0) is 6.61 Å². The van der Waals surface area contributed by atoms with Crippen LogP contribution in [0.5, 0.6) is 11.5 Å². The van der Waals surface area contributed by atoms with E-state index in [1.165, 1.54) is 12.1 Å². The first-order valence-electron chi connectivity index (χ1n) is 7.05. The number of methoxy groups -OCH3 is 1. The monoisotopic (exact) mass is 309 g/mol. The van der Waals surface area contributed by atoms with Gasteiger partial charge in [-0.2, -0.15) is 0 Å². The zero-order valence-corrected chi connectivity index (χ0v) is 12.5. The molecular formula is C18H15NO4. The number of carboxylic acids is 1. The molecule has 1 heterocycles. The minimum absolute atomic E-state index is 0.195. The van der Waals surface area contributed by atoms with Gasteiger partial charge in [0.25, 0.3) is 0 Å². The summed E-state index contributed by atoms with van der Waals surface area (Å²) in [4.78, 5) is 15.5. The maximum atomic E-state index is 10.9. The Balaban J connectivity index is 1.76. The van der Waals surface area contributed by atoms with E-state index in [2.05, 4.69) is 4.98 Å². The standard InChI is InChI=1S/C18H15NO4/c1-22-15-7-8-17-12(9-15)5-6-14(19-17)11-23-16-4-2-3-13(10-16)18(20)21/h2-10H,11H2,1H3,(H,20,21). The first kappa shape index (κ1) is 14.8. The van der Waals surface area contributed by atoms with Gasteiger partial charge < -0.3 is 14.6 Å². The van der Waals surface area contributed by atoms with E-state index in [9.17, 15) is 4.79 Å². The maximum Gasteiger partial charge on any atom is 0.335 e. The van der Waals surface area contributed by atoms with Gasteiger partial charge in [0.15, 0.2) is 0 Å². The Morgan fingerprint density at radius 2 is 1.96 bits per heavy atom. The molecule has 5 heteroatoms. The van der Waals surface area contributed by atoms with Gasteiger partial charge in [0.1, 0.15) is 18.1 Å². The van der Waals surface area contributed by atoms with Crippen LogP contribution in [0.1, 0.15) is 16.1 Å². The van der Waals surface area contributed by atoms with Crippen molar-refractivity contribution in [2.24, 2.45) is 0 Å². The van der Waals surface area contributed by atoms with Gasteiger partial charge in [0.2, 0.25) is 0 Å². The van der Waals surface area contributed by atoms with E-state index in [0.717, 1.165) is 22.3 Å². The van der Waals surface area contributed by atoms with E-state index in [0.29, 0.717) is 5.75 Å². The smallest absolute Gasteiger partial charge is 0.335 e. The number of hydrogen-bond donors (Lipinski definition) is 1. The molecule has 0 amide bonds. The molecule has 0 saturated carbocycles. The number of aromatic nitrogens is 1. The molecule has 5 nitrogen and oxygen atoms in total. The van der Waals surface area contributed by atoms with Gasteiger partial charge in [-0.05, 0) is 42.5 Å². The summed E-state index contributed by atoms with van der Waals surface area (Å²) in [5.41, 5.74) is 1.82. The lowest BCUT2D eigenvalue weighted by Crippen LogP contribution is -2.00. The third-order valence-electron chi connectivity index (χ3n) is 3.42. The Labute approximate surface area is 133 Å². The van der Waals surface area contributed by atoms with E-state index in [1.54, 1.807) is 19.2 Å². The Morgan fingerprint density at radius 1 is 1.09 bits per heavy atom. The fourth-order valence-electron chi connectivity index (χ4n) is 2.23. The van der Waals surface area contributed by atoms with Crippen molar-refractivity contribution in [2.45, 2.75) is 6.61 Å². The molecule has 0 saturated heterocycles. The quantitative estimate of drug-likeness (QED) is 0.781. The summed E-state index contributed by atoms with van der Waals surface area (Å²) >= 11 is 0. The summed E-state index contributed by atoms with van der Waals surface area (Å²) in [5.74, 6) is 0.309. The summed E-state index contributed by atoms with van der Waals surface area (Å²) in [6.07, 6.45) is 0. The van der Waals surface area contributed by atoms with Crippen LogP contribution < -0.4 is 9.47 Å². The molecule has 0 radical (unpaired) electrons. The van der Waals surface area contributed by atoms with Crippen molar-refractivity contribution in [2.75, 3.05) is 7.11 Å². The number of nitrogens with zero attached hydrogens (tertiary/aromatic N) is 1. The van der Waals surface area contributed by atoms with E-state index < -0.39 is 5.97 Å². The highest BCUT2D eigenvalue weighted by Gasteiger charge is 2.05. The van der Waals surface area contributed by atoms with Gasteiger partial charge in [0, 0.05) is 5.39 Å². The minimum atomic E-state index is -0.978. The number of aromatic carboxylic acids is 1. The highest BCUT2D eigenvalue weighted by Crippen LogP contribution is 2.20. The van der Waals surface area contributed by atoms with Crippen molar-refractivity contribution in [1.82, 2.24) is 4.98 Å². The second-order valence-corrected chi connectivity index (χ2v) is 4.98. The predicted octanol–water partition coefficient (Wildman–Crippen LogP) is 3.52. The van der Waals surface area contributed by atoms with Crippen molar-refractivity contribution < 1.29 is 19.4 Å². The summed E-state index contributed by atoms with van der Waals surface area (Å²) in [6, 6.07) is 15.9. The molecule has 1 aromatic heterocycles. The van der Waals surface area contributed by atoms with Crippen molar-refractivity contribution >= 4 is 16.9 Å². The van der Waals surface area contributed by atoms with Crippen LogP contribution in [0.2, 0.25) is 0 Å². The van der Waals surface area contributed by atoms with Gasteiger partial charge in [-0.1, -0.05) is 12.1 Å². The molecule has 0 spiro atoms. The van der Waals surface area contributed by atoms with Crippen molar-refractivity contribution in [3.63, 3.8) is 0 Å². The molecule has 3 aromatic rings. The molecule has 23 heavy (non-hydrogen) atoms. The third-order valence-corrected chi connectivity index (χ3v) is 3.42. The van der Waals surface area contributed by atoms with E-state index >= 15 is 0 Å². The Kier molecular flexibility index (Phi) is 4.10. The van der Waals surface area contributed by atoms with Gasteiger partial charge >= 0.3 is 5.97 Å². The Bertz CT molecular complexity index is 861. The first-order valence-corrected chi connectivity index (χ1v) is 7.05. The second-order valence-electron chi connectivity index (χ2n) is 4.98. The number of carbonyl (C=O) groups is 1. The normalized spacial score (nSPS) is 10.5. The van der Waals surface area contributed by atoms with Crippen LogP contribution in [0.25, 0.3) is 10.9 Å².